The van der Waals surface area contributed by atoms with Crippen LogP contribution in [0.1, 0.15) is 12.8 Å². The lowest BCUT2D eigenvalue weighted by atomic mass is 10.1. The molecule has 0 atom stereocenters. The molecule has 29 heavy (non-hydrogen) atoms. The predicted octanol–water partition coefficient (Wildman–Crippen LogP) is 2.46. The standard InChI is InChI=1S/C22H26N6O/c23-17-5-9-28(10-6-17)22-21-20(24-7-8-25-21)15-19(26-22)16-1-3-18(4-2-16)27-11-13-29-14-12-27/h1-4,7-8,15,17H,5-6,9-14,23H2. The smallest absolute Gasteiger partial charge is 0.157 e. The molecule has 0 radical (unpaired) electrons. The first-order chi connectivity index (χ1) is 14.3. The van der Waals surface area contributed by atoms with E-state index in [1.807, 2.05) is 6.07 Å². The average molecular weight is 390 g/mol. The van der Waals surface area contributed by atoms with E-state index in [2.05, 4.69) is 44.0 Å². The molecule has 5 rings (SSSR count). The minimum absolute atomic E-state index is 0.277. The molecule has 2 N–H and O–H groups in total. The van der Waals surface area contributed by atoms with Crippen LogP contribution in [0.15, 0.2) is 42.7 Å². The van der Waals surface area contributed by atoms with Crippen molar-refractivity contribution in [3.8, 4) is 11.3 Å². The third-order valence-corrected chi connectivity index (χ3v) is 5.82. The van der Waals surface area contributed by atoms with Gasteiger partial charge in [0, 0.05) is 55.9 Å². The number of rotatable bonds is 3. The monoisotopic (exact) mass is 390 g/mol. The zero-order valence-corrected chi connectivity index (χ0v) is 16.5. The summed E-state index contributed by atoms with van der Waals surface area (Å²) in [6.45, 7) is 5.25. The number of piperidine rings is 1. The van der Waals surface area contributed by atoms with Gasteiger partial charge >= 0.3 is 0 Å². The van der Waals surface area contributed by atoms with E-state index >= 15 is 0 Å². The average Bonchev–Trinajstić information content (AvgIpc) is 2.80. The van der Waals surface area contributed by atoms with Crippen LogP contribution in [0, 0.1) is 0 Å². The Hall–Kier alpha value is -2.77. The van der Waals surface area contributed by atoms with Crippen molar-refractivity contribution in [2.45, 2.75) is 18.9 Å². The van der Waals surface area contributed by atoms with E-state index in [-0.39, 0.29) is 6.04 Å². The van der Waals surface area contributed by atoms with Crippen molar-refractivity contribution in [1.29, 1.82) is 0 Å². The number of ether oxygens (including phenoxy) is 1. The van der Waals surface area contributed by atoms with E-state index in [1.54, 1.807) is 12.4 Å². The molecule has 7 nitrogen and oxygen atoms in total. The Morgan fingerprint density at radius 3 is 2.38 bits per heavy atom. The number of morpholine rings is 1. The highest BCUT2D eigenvalue weighted by Crippen LogP contribution is 2.30. The molecule has 2 fully saturated rings. The van der Waals surface area contributed by atoms with Gasteiger partial charge in [0.2, 0.25) is 0 Å². The minimum atomic E-state index is 0.277. The topological polar surface area (TPSA) is 80.4 Å². The van der Waals surface area contributed by atoms with Crippen molar-refractivity contribution in [3.05, 3.63) is 42.7 Å². The summed E-state index contributed by atoms with van der Waals surface area (Å²) in [5.74, 6) is 0.912. The van der Waals surface area contributed by atoms with E-state index < -0.39 is 0 Å². The first kappa shape index (κ1) is 18.3. The summed E-state index contributed by atoms with van der Waals surface area (Å²) in [6, 6.07) is 10.9. The van der Waals surface area contributed by atoms with Crippen LogP contribution in [-0.4, -0.2) is 60.4 Å². The number of fused-ring (bicyclic) bond motifs is 1. The fourth-order valence-electron chi connectivity index (χ4n) is 4.10. The maximum absolute atomic E-state index is 6.10. The highest BCUT2D eigenvalue weighted by Gasteiger charge is 2.21. The van der Waals surface area contributed by atoms with Crippen molar-refractivity contribution in [2.75, 3.05) is 49.2 Å². The third-order valence-electron chi connectivity index (χ3n) is 5.82. The van der Waals surface area contributed by atoms with Gasteiger partial charge in [0.25, 0.3) is 0 Å². The summed E-state index contributed by atoms with van der Waals surface area (Å²) in [6.07, 6.45) is 5.42. The zero-order chi connectivity index (χ0) is 19.6. The van der Waals surface area contributed by atoms with Crippen molar-refractivity contribution in [1.82, 2.24) is 15.0 Å². The molecular weight excluding hydrogens is 364 g/mol. The third kappa shape index (κ3) is 3.75. The molecule has 0 bridgehead atoms. The summed E-state index contributed by atoms with van der Waals surface area (Å²) in [4.78, 5) is 18.8. The normalized spacial score (nSPS) is 18.4. The Kier molecular flexibility index (Phi) is 4.99. The van der Waals surface area contributed by atoms with E-state index in [0.717, 1.165) is 80.3 Å². The van der Waals surface area contributed by atoms with Gasteiger partial charge in [0.05, 0.1) is 24.4 Å². The number of aromatic nitrogens is 3. The number of benzene rings is 1. The number of nitrogens with two attached hydrogens (primary N) is 1. The zero-order valence-electron chi connectivity index (χ0n) is 16.5. The highest BCUT2D eigenvalue weighted by molar-refractivity contribution is 5.89. The fourth-order valence-corrected chi connectivity index (χ4v) is 4.10. The fraction of sp³-hybridized carbons (Fsp3) is 0.409. The number of hydrogen-bond acceptors (Lipinski definition) is 7. The number of anilines is 2. The van der Waals surface area contributed by atoms with Gasteiger partial charge in [0.1, 0.15) is 5.52 Å². The van der Waals surface area contributed by atoms with Crippen LogP contribution in [0.2, 0.25) is 0 Å². The van der Waals surface area contributed by atoms with Crippen LogP contribution >= 0.6 is 0 Å². The van der Waals surface area contributed by atoms with Crippen LogP contribution in [0.3, 0.4) is 0 Å². The maximum atomic E-state index is 6.10. The van der Waals surface area contributed by atoms with Crippen molar-refractivity contribution < 1.29 is 4.74 Å². The lowest BCUT2D eigenvalue weighted by Crippen LogP contribution is -2.40. The highest BCUT2D eigenvalue weighted by atomic mass is 16.5. The molecule has 4 heterocycles. The van der Waals surface area contributed by atoms with Crippen molar-refractivity contribution in [2.24, 2.45) is 5.73 Å². The molecule has 0 unspecified atom stereocenters. The van der Waals surface area contributed by atoms with Crippen LogP contribution in [0.5, 0.6) is 0 Å². The molecule has 2 aliphatic rings. The second-order valence-electron chi connectivity index (χ2n) is 7.73. The van der Waals surface area contributed by atoms with Crippen LogP contribution in [-0.2, 0) is 4.74 Å². The van der Waals surface area contributed by atoms with E-state index in [4.69, 9.17) is 15.5 Å². The molecule has 0 saturated carbocycles. The van der Waals surface area contributed by atoms with Gasteiger partial charge in [-0.2, -0.15) is 0 Å². The summed E-state index contributed by atoms with van der Waals surface area (Å²) in [5.41, 5.74) is 11.1. The molecule has 150 valence electrons. The second-order valence-corrected chi connectivity index (χ2v) is 7.73. The minimum Gasteiger partial charge on any atom is -0.378 e. The maximum Gasteiger partial charge on any atom is 0.157 e. The largest absolute Gasteiger partial charge is 0.378 e. The predicted molar refractivity (Wildman–Crippen MR) is 115 cm³/mol. The molecular formula is C22H26N6O. The Morgan fingerprint density at radius 2 is 1.62 bits per heavy atom. The Bertz CT molecular complexity index is 978. The van der Waals surface area contributed by atoms with Gasteiger partial charge in [-0.15, -0.1) is 0 Å². The van der Waals surface area contributed by atoms with Gasteiger partial charge in [-0.1, -0.05) is 12.1 Å². The first-order valence-electron chi connectivity index (χ1n) is 10.3. The van der Waals surface area contributed by atoms with Crippen LogP contribution < -0.4 is 15.5 Å². The van der Waals surface area contributed by atoms with Gasteiger partial charge in [-0.05, 0) is 31.0 Å². The Morgan fingerprint density at radius 1 is 0.897 bits per heavy atom. The molecule has 1 aromatic carbocycles. The number of pyridine rings is 1. The summed E-state index contributed by atoms with van der Waals surface area (Å²) in [7, 11) is 0. The lowest BCUT2D eigenvalue weighted by Gasteiger charge is -2.31. The van der Waals surface area contributed by atoms with Crippen LogP contribution in [0.4, 0.5) is 11.5 Å². The summed E-state index contributed by atoms with van der Waals surface area (Å²) >= 11 is 0. The molecule has 0 spiro atoms. The van der Waals surface area contributed by atoms with Crippen molar-refractivity contribution in [3.63, 3.8) is 0 Å². The molecule has 2 saturated heterocycles. The molecule has 2 aromatic heterocycles. The molecule has 3 aromatic rings. The first-order valence-corrected chi connectivity index (χ1v) is 10.3. The number of nitrogens with zero attached hydrogens (tertiary/aromatic N) is 5. The molecule has 7 heteroatoms. The van der Waals surface area contributed by atoms with E-state index in [0.29, 0.717) is 0 Å². The van der Waals surface area contributed by atoms with Crippen molar-refractivity contribution >= 4 is 22.5 Å². The van der Waals surface area contributed by atoms with Gasteiger partial charge in [0.15, 0.2) is 5.82 Å². The second kappa shape index (κ2) is 7.93. The van der Waals surface area contributed by atoms with Gasteiger partial charge in [-0.3, -0.25) is 4.98 Å². The van der Waals surface area contributed by atoms with E-state index in [9.17, 15) is 0 Å². The summed E-state index contributed by atoms with van der Waals surface area (Å²) in [5, 5.41) is 0. The van der Waals surface area contributed by atoms with Crippen LogP contribution in [0.25, 0.3) is 22.3 Å². The molecule has 0 amide bonds. The van der Waals surface area contributed by atoms with Gasteiger partial charge < -0.3 is 20.3 Å². The lowest BCUT2D eigenvalue weighted by molar-refractivity contribution is 0.122. The van der Waals surface area contributed by atoms with Gasteiger partial charge in [-0.25, -0.2) is 9.97 Å². The quantitative estimate of drug-likeness (QED) is 0.736. The van der Waals surface area contributed by atoms with E-state index in [1.165, 1.54) is 5.69 Å². The Balaban J connectivity index is 1.50. The summed E-state index contributed by atoms with van der Waals surface area (Å²) < 4.78 is 5.46. The Labute approximate surface area is 170 Å². The molecule has 2 aliphatic heterocycles. The SMILES string of the molecule is NC1CCN(c2nc(-c3ccc(N4CCOCC4)cc3)cc3nccnc23)CC1. The molecule has 0 aliphatic carbocycles. The number of hydrogen-bond donors (Lipinski definition) is 1.